The number of hydrogen-bond donors (Lipinski definition) is 0. The Morgan fingerprint density at radius 1 is 0.974 bits per heavy atom. The summed E-state index contributed by atoms with van der Waals surface area (Å²) >= 11 is 12.9. The number of benzene rings is 3. The lowest BCUT2D eigenvalue weighted by atomic mass is 9.99. The Morgan fingerprint density at radius 2 is 1.66 bits per heavy atom. The molecule has 0 saturated carbocycles. The maximum atomic E-state index is 14.1. The predicted molar refractivity (Wildman–Crippen MR) is 145 cm³/mol. The molecule has 1 amide bonds. The first-order chi connectivity index (χ1) is 18.2. The van der Waals surface area contributed by atoms with Gasteiger partial charge in [-0.15, -0.1) is 0 Å². The molecule has 0 saturated heterocycles. The fourth-order valence-corrected chi connectivity index (χ4v) is 4.78. The number of ether oxygens (including phenoxy) is 3. The van der Waals surface area contributed by atoms with Gasteiger partial charge in [-0.3, -0.25) is 4.79 Å². The molecule has 0 N–H and O–H groups in total. The van der Waals surface area contributed by atoms with Crippen LogP contribution in [0.3, 0.4) is 0 Å². The van der Waals surface area contributed by atoms with E-state index in [2.05, 4.69) is 0 Å². The zero-order valence-corrected chi connectivity index (χ0v) is 22.6. The molecule has 198 valence electrons. The average molecular weight is 556 g/mol. The van der Waals surface area contributed by atoms with Crippen molar-refractivity contribution in [3.05, 3.63) is 99.5 Å². The summed E-state index contributed by atoms with van der Waals surface area (Å²) < 4.78 is 17.3. The molecule has 0 aromatic heterocycles. The molecule has 3 atom stereocenters. The van der Waals surface area contributed by atoms with E-state index in [0.29, 0.717) is 26.9 Å². The lowest BCUT2D eigenvalue weighted by Crippen LogP contribution is -2.52. The maximum Gasteiger partial charge on any atom is 0.350 e. The van der Waals surface area contributed by atoms with Crippen LogP contribution in [0.5, 0.6) is 0 Å². The second-order valence-electron chi connectivity index (χ2n) is 8.91. The molecule has 0 radical (unpaired) electrons. The third kappa shape index (κ3) is 5.70. The van der Waals surface area contributed by atoms with Crippen LogP contribution in [0.2, 0.25) is 10.0 Å². The summed E-state index contributed by atoms with van der Waals surface area (Å²) in [7, 11) is 0. The van der Waals surface area contributed by atoms with Crippen LogP contribution in [0, 0.1) is 0 Å². The minimum Gasteiger partial charge on any atom is -0.463 e. The Kier molecular flexibility index (Phi) is 8.72. The molecule has 0 fully saturated rings. The molecule has 7 nitrogen and oxygen atoms in total. The first-order valence-corrected chi connectivity index (χ1v) is 12.9. The quantitative estimate of drug-likeness (QED) is 0.332. The molecule has 1 aliphatic heterocycles. The van der Waals surface area contributed by atoms with E-state index in [-0.39, 0.29) is 18.2 Å². The van der Waals surface area contributed by atoms with Gasteiger partial charge in [0.15, 0.2) is 6.10 Å². The van der Waals surface area contributed by atoms with E-state index in [9.17, 15) is 14.4 Å². The van der Waals surface area contributed by atoms with E-state index in [4.69, 9.17) is 37.4 Å². The summed E-state index contributed by atoms with van der Waals surface area (Å²) in [5, 5.41) is 0.818. The molecular weight excluding hydrogens is 529 g/mol. The molecule has 38 heavy (non-hydrogen) atoms. The van der Waals surface area contributed by atoms with Gasteiger partial charge >= 0.3 is 11.9 Å². The van der Waals surface area contributed by atoms with Gasteiger partial charge in [0.05, 0.1) is 17.9 Å². The molecule has 3 aromatic rings. The van der Waals surface area contributed by atoms with Crippen molar-refractivity contribution in [1.82, 2.24) is 0 Å². The first-order valence-electron chi connectivity index (χ1n) is 12.2. The van der Waals surface area contributed by atoms with Crippen molar-refractivity contribution in [3.63, 3.8) is 0 Å². The van der Waals surface area contributed by atoms with Gasteiger partial charge in [-0.1, -0.05) is 59.6 Å². The van der Waals surface area contributed by atoms with Crippen LogP contribution in [-0.2, 0) is 23.8 Å². The number of carbonyl (C=O) groups excluding carboxylic acids is 3. The van der Waals surface area contributed by atoms with Crippen LogP contribution < -0.4 is 4.90 Å². The largest absolute Gasteiger partial charge is 0.463 e. The van der Waals surface area contributed by atoms with Crippen LogP contribution in [0.25, 0.3) is 0 Å². The van der Waals surface area contributed by atoms with Gasteiger partial charge in [0, 0.05) is 27.2 Å². The van der Waals surface area contributed by atoms with Crippen molar-refractivity contribution in [2.45, 2.75) is 45.1 Å². The smallest absolute Gasteiger partial charge is 0.350 e. The van der Waals surface area contributed by atoms with Gasteiger partial charge in [0.1, 0.15) is 6.10 Å². The minimum absolute atomic E-state index is 0.0107. The van der Waals surface area contributed by atoms with Gasteiger partial charge in [-0.25, -0.2) is 9.59 Å². The number of anilines is 1. The average Bonchev–Trinajstić information content (AvgIpc) is 3.02. The van der Waals surface area contributed by atoms with E-state index in [1.807, 2.05) is 13.8 Å². The van der Waals surface area contributed by atoms with E-state index in [1.54, 1.807) is 79.7 Å². The Bertz CT molecular complexity index is 1330. The summed E-state index contributed by atoms with van der Waals surface area (Å²) in [6.45, 7) is 5.29. The van der Waals surface area contributed by atoms with Crippen molar-refractivity contribution in [2.24, 2.45) is 0 Å². The van der Waals surface area contributed by atoms with Crippen LogP contribution in [-0.4, -0.2) is 42.7 Å². The molecule has 0 unspecified atom stereocenters. The number of hydrogen-bond acceptors (Lipinski definition) is 6. The summed E-state index contributed by atoms with van der Waals surface area (Å²) in [6.07, 6.45) is -4.15. The highest BCUT2D eigenvalue weighted by Gasteiger charge is 2.47. The van der Waals surface area contributed by atoms with Gasteiger partial charge < -0.3 is 19.1 Å². The van der Waals surface area contributed by atoms with Crippen molar-refractivity contribution in [2.75, 3.05) is 11.5 Å². The highest BCUT2D eigenvalue weighted by Crippen LogP contribution is 2.42. The Balaban J connectivity index is 1.87. The SMILES string of the molecule is CCOC(=O)[C@@H](OC(=O)c1ccccc1)[C@H]1O[C@H](c2ccccc2Cl)c2cc(Cl)ccc2N(C(C)C)C1=O. The number of amides is 1. The standard InChI is InChI=1S/C29H27Cl2NO6/c1-4-36-29(35)26(38-28(34)18-10-6-5-7-11-18)25-27(33)32(17(2)3)23-15-14-19(30)16-21(23)24(37-25)20-12-8-9-13-22(20)31/h5-17,24-26H,4H2,1-3H3/t24-,25-,26+/m1/s1. The van der Waals surface area contributed by atoms with Crippen molar-refractivity contribution < 1.29 is 28.6 Å². The normalized spacial score (nSPS) is 17.9. The fraction of sp³-hybridized carbons (Fsp3) is 0.276. The third-order valence-corrected chi connectivity index (χ3v) is 6.62. The van der Waals surface area contributed by atoms with E-state index < -0.39 is 36.2 Å². The monoisotopic (exact) mass is 555 g/mol. The molecule has 9 heteroatoms. The molecule has 0 aliphatic carbocycles. The van der Waals surface area contributed by atoms with Gasteiger partial charge in [-0.05, 0) is 57.2 Å². The zero-order valence-electron chi connectivity index (χ0n) is 21.1. The molecule has 3 aromatic carbocycles. The molecular formula is C29H27Cl2NO6. The second-order valence-corrected chi connectivity index (χ2v) is 9.75. The Labute approximate surface area is 231 Å². The summed E-state index contributed by atoms with van der Waals surface area (Å²) in [5.74, 6) is -2.27. The highest BCUT2D eigenvalue weighted by atomic mass is 35.5. The van der Waals surface area contributed by atoms with Crippen LogP contribution in [0.1, 0.15) is 48.4 Å². The zero-order chi connectivity index (χ0) is 27.4. The fourth-order valence-electron chi connectivity index (χ4n) is 4.37. The number of carbonyl (C=O) groups is 3. The van der Waals surface area contributed by atoms with Crippen LogP contribution >= 0.6 is 23.2 Å². The minimum atomic E-state index is -1.69. The third-order valence-electron chi connectivity index (χ3n) is 6.04. The Morgan fingerprint density at radius 3 is 2.32 bits per heavy atom. The lowest BCUT2D eigenvalue weighted by Gasteiger charge is -2.31. The van der Waals surface area contributed by atoms with Crippen molar-refractivity contribution in [3.8, 4) is 0 Å². The highest BCUT2D eigenvalue weighted by molar-refractivity contribution is 6.31. The van der Waals surface area contributed by atoms with Gasteiger partial charge in [-0.2, -0.15) is 0 Å². The van der Waals surface area contributed by atoms with E-state index >= 15 is 0 Å². The number of fused-ring (bicyclic) bond motifs is 1. The number of nitrogens with zero attached hydrogens (tertiary/aromatic N) is 1. The summed E-state index contributed by atoms with van der Waals surface area (Å²) in [4.78, 5) is 41.8. The number of halogens is 2. The number of esters is 2. The molecule has 1 heterocycles. The van der Waals surface area contributed by atoms with Crippen LogP contribution in [0.15, 0.2) is 72.8 Å². The second kappa shape index (κ2) is 12.0. The summed E-state index contributed by atoms with van der Waals surface area (Å²) in [5.41, 5.74) is 1.88. The Hall–Kier alpha value is -3.39. The van der Waals surface area contributed by atoms with Crippen LogP contribution in [0.4, 0.5) is 5.69 Å². The summed E-state index contributed by atoms with van der Waals surface area (Å²) in [6, 6.07) is 19.9. The molecule has 0 spiro atoms. The maximum absolute atomic E-state index is 14.1. The molecule has 4 rings (SSSR count). The molecule has 1 aliphatic rings. The predicted octanol–water partition coefficient (Wildman–Crippen LogP) is 6.01. The topological polar surface area (TPSA) is 82.1 Å². The van der Waals surface area contributed by atoms with Crippen molar-refractivity contribution in [1.29, 1.82) is 0 Å². The molecule has 0 bridgehead atoms. The van der Waals surface area contributed by atoms with Gasteiger partial charge in [0.25, 0.3) is 5.91 Å². The van der Waals surface area contributed by atoms with E-state index in [0.717, 1.165) is 0 Å². The lowest BCUT2D eigenvalue weighted by molar-refractivity contribution is -0.169. The van der Waals surface area contributed by atoms with Gasteiger partial charge in [0.2, 0.25) is 6.10 Å². The first kappa shape index (κ1) is 27.6. The number of rotatable bonds is 7. The van der Waals surface area contributed by atoms with E-state index in [1.165, 1.54) is 4.90 Å². The van der Waals surface area contributed by atoms with Crippen molar-refractivity contribution >= 4 is 46.7 Å².